The lowest BCUT2D eigenvalue weighted by molar-refractivity contribution is -0.140. The molecule has 5 amide bonds. The average molecular weight is 951 g/mol. The number of para-hydroxylation sites is 1. The highest BCUT2D eigenvalue weighted by molar-refractivity contribution is 7.88. The van der Waals surface area contributed by atoms with Crippen molar-refractivity contribution in [2.75, 3.05) is 35.9 Å². The van der Waals surface area contributed by atoms with Crippen LogP contribution in [0.25, 0.3) is 0 Å². The molecule has 3 aromatic carbocycles. The smallest absolute Gasteiger partial charge is 0.414 e. The quantitative estimate of drug-likeness (QED) is 0.0658. The predicted octanol–water partition coefficient (Wildman–Crippen LogP) is 5.96. The zero-order valence-corrected chi connectivity index (χ0v) is 41.1. The summed E-state index contributed by atoms with van der Waals surface area (Å²) < 4.78 is 52.4. The summed E-state index contributed by atoms with van der Waals surface area (Å²) in [6, 6.07) is 14.7. The second-order valence-electron chi connectivity index (χ2n) is 18.3. The van der Waals surface area contributed by atoms with E-state index < -0.39 is 66.3 Å². The number of nitrogens with one attached hydrogen (secondary N) is 4. The van der Waals surface area contributed by atoms with Crippen LogP contribution in [0.2, 0.25) is 18.1 Å². The van der Waals surface area contributed by atoms with Crippen molar-refractivity contribution in [1.82, 2.24) is 14.8 Å². The van der Waals surface area contributed by atoms with Gasteiger partial charge in [-0.1, -0.05) is 65.0 Å². The molecule has 20 heteroatoms. The fourth-order valence-electron chi connectivity index (χ4n) is 7.18. The average Bonchev–Trinajstić information content (AvgIpc) is 3.57. The summed E-state index contributed by atoms with van der Waals surface area (Å²) in [6.45, 7) is 15.2. The van der Waals surface area contributed by atoms with E-state index in [4.69, 9.17) is 13.9 Å². The topological polar surface area (TPSA) is 228 Å². The number of anilines is 3. The molecule has 2 aliphatic heterocycles. The minimum Gasteiger partial charge on any atom is -0.541 e. The van der Waals surface area contributed by atoms with Gasteiger partial charge in [0.05, 0.1) is 38.1 Å². The summed E-state index contributed by atoms with van der Waals surface area (Å²) in [5, 5.41) is 5.07. The first-order valence-electron chi connectivity index (χ1n) is 21.8. The molecule has 66 heavy (non-hydrogen) atoms. The van der Waals surface area contributed by atoms with Crippen molar-refractivity contribution in [2.45, 2.75) is 117 Å². The van der Waals surface area contributed by atoms with Crippen LogP contribution in [0, 0.1) is 5.92 Å². The monoisotopic (exact) mass is 950 g/mol. The molecule has 358 valence electrons. The third kappa shape index (κ3) is 12.5. The van der Waals surface area contributed by atoms with E-state index in [2.05, 4.69) is 54.0 Å². The lowest BCUT2D eigenvalue weighted by Crippen LogP contribution is -2.56. The van der Waals surface area contributed by atoms with E-state index in [1.807, 2.05) is 29.0 Å². The number of hydrogen-bond donors (Lipinski definition) is 4. The van der Waals surface area contributed by atoms with Crippen LogP contribution in [-0.4, -0.2) is 91.3 Å². The molecule has 3 aromatic rings. The van der Waals surface area contributed by atoms with Gasteiger partial charge in [-0.15, -0.1) is 0 Å². The number of methoxy groups -OCH3 is 2. The zero-order chi connectivity index (χ0) is 48.7. The number of unbranched alkanes of at least 4 members (excludes halogenated alkanes) is 1. The number of rotatable bonds is 18. The van der Waals surface area contributed by atoms with Crippen LogP contribution in [0.1, 0.15) is 88.7 Å². The Labute approximate surface area is 387 Å². The molecule has 0 radical (unpaired) electrons. The number of benzene rings is 3. The Kier molecular flexibility index (Phi) is 16.3. The van der Waals surface area contributed by atoms with Crippen LogP contribution in [0.5, 0.6) is 11.5 Å². The van der Waals surface area contributed by atoms with Crippen molar-refractivity contribution < 1.29 is 55.8 Å². The van der Waals surface area contributed by atoms with E-state index in [0.29, 0.717) is 41.3 Å². The predicted molar refractivity (Wildman–Crippen MR) is 251 cm³/mol. The van der Waals surface area contributed by atoms with E-state index in [9.17, 15) is 37.2 Å². The molecule has 1 unspecified atom stereocenters. The zero-order valence-electron chi connectivity index (χ0n) is 39.2. The standard InChI is InChI=1S/C46H62N6O12SSi/c1-28(2)41(50-65(59,60)49-39(53)17-13-14-18-40(54)62-8)43(56)47-29(3)42(55)48-32-21-19-30(20-22-32)27-63-45(58)51-26-33-23-31-15-11-12-16-35(31)52(33)44(57)34-24-37(61-7)38(25-36(34)51)64-66(9,10)46(4,5)6/h11-12,15-16,19-22,24-25,28-29,33,41,50H,13-14,17-18,23,26-27H2,1-10H3,(H,47,56)(H,48,55)(H,49,53)/t29-,33-,41?/m0/s1. The first kappa shape index (κ1) is 51.0. The molecule has 0 saturated heterocycles. The largest absolute Gasteiger partial charge is 0.541 e. The maximum Gasteiger partial charge on any atom is 0.414 e. The molecule has 0 saturated carbocycles. The Balaban J connectivity index is 1.23. The van der Waals surface area contributed by atoms with Gasteiger partial charge in [0.25, 0.3) is 14.2 Å². The van der Waals surface area contributed by atoms with Gasteiger partial charge in [-0.25, -0.2) is 9.52 Å². The third-order valence-electron chi connectivity index (χ3n) is 12.0. The van der Waals surface area contributed by atoms with Crippen LogP contribution in [0.3, 0.4) is 0 Å². The summed E-state index contributed by atoms with van der Waals surface area (Å²) in [5.41, 5.74) is 3.36. The van der Waals surface area contributed by atoms with Crippen molar-refractivity contribution in [3.63, 3.8) is 0 Å². The molecule has 0 aromatic heterocycles. The van der Waals surface area contributed by atoms with Gasteiger partial charge in [0.15, 0.2) is 5.75 Å². The van der Waals surface area contributed by atoms with Gasteiger partial charge in [-0.05, 0) is 85.6 Å². The van der Waals surface area contributed by atoms with Crippen LogP contribution in [0.4, 0.5) is 21.9 Å². The molecule has 3 atom stereocenters. The van der Waals surface area contributed by atoms with Crippen molar-refractivity contribution in [3.05, 3.63) is 77.4 Å². The third-order valence-corrected chi connectivity index (χ3v) is 17.4. The Morgan fingerprint density at radius 2 is 1.55 bits per heavy atom. The van der Waals surface area contributed by atoms with E-state index in [0.717, 1.165) is 11.3 Å². The second-order valence-corrected chi connectivity index (χ2v) is 24.4. The minimum atomic E-state index is -4.46. The molecule has 4 N–H and O–H groups in total. The molecular weight excluding hydrogens is 889 g/mol. The van der Waals surface area contributed by atoms with Crippen LogP contribution >= 0.6 is 0 Å². The van der Waals surface area contributed by atoms with Crippen LogP contribution in [0.15, 0.2) is 60.7 Å². The Morgan fingerprint density at radius 3 is 2.18 bits per heavy atom. The summed E-state index contributed by atoms with van der Waals surface area (Å²) in [7, 11) is -4.10. The van der Waals surface area contributed by atoms with Gasteiger partial charge in [-0.2, -0.15) is 13.1 Å². The SMILES string of the molecule is COC(=O)CCCCC(=O)NS(=O)(=O)NC(C(=O)N[C@@H](C)C(=O)Nc1ccc(COC(=O)N2C[C@@H]3Cc4ccccc4N3C(=O)c3cc(OC)c(O[Si](C)(C)C(C)(C)C)cc32)cc1)C(C)C. The first-order valence-corrected chi connectivity index (χ1v) is 26.2. The molecule has 0 fully saturated rings. The number of esters is 1. The molecule has 5 rings (SSSR count). The molecule has 0 spiro atoms. The van der Waals surface area contributed by atoms with Crippen molar-refractivity contribution in [2.24, 2.45) is 5.92 Å². The number of nitrogens with zero attached hydrogens (tertiary/aromatic N) is 2. The Hall–Kier alpha value is -5.99. The van der Waals surface area contributed by atoms with Gasteiger partial charge >= 0.3 is 22.3 Å². The Morgan fingerprint density at radius 1 is 0.879 bits per heavy atom. The number of ether oxygens (including phenoxy) is 3. The molecular formula is C46H62N6O12SSi. The number of fused-ring (bicyclic) bond motifs is 4. The number of hydrogen-bond acceptors (Lipinski definition) is 12. The first-order chi connectivity index (χ1) is 30.9. The molecule has 0 bridgehead atoms. The van der Waals surface area contributed by atoms with E-state index >= 15 is 0 Å². The molecule has 18 nitrogen and oxygen atoms in total. The summed E-state index contributed by atoms with van der Waals surface area (Å²) >= 11 is 0. The van der Waals surface area contributed by atoms with Crippen molar-refractivity contribution in [3.8, 4) is 11.5 Å². The minimum absolute atomic E-state index is 0.0858. The summed E-state index contributed by atoms with van der Waals surface area (Å²) in [6.07, 6.45) is 0.349. The van der Waals surface area contributed by atoms with E-state index in [1.165, 1.54) is 26.0 Å². The number of carbonyl (C=O) groups excluding carboxylic acids is 6. The number of carbonyl (C=O) groups is 6. The van der Waals surface area contributed by atoms with Gasteiger partial charge in [-0.3, -0.25) is 28.9 Å². The fourth-order valence-corrected chi connectivity index (χ4v) is 9.37. The molecule has 2 heterocycles. The van der Waals surface area contributed by atoms with Gasteiger partial charge < -0.3 is 34.2 Å². The normalized spacial score (nSPS) is 15.6. The maximum atomic E-state index is 14.4. The van der Waals surface area contributed by atoms with E-state index in [-0.39, 0.29) is 55.0 Å². The number of amides is 5. The van der Waals surface area contributed by atoms with Gasteiger partial charge in [0, 0.05) is 30.3 Å². The second kappa shape index (κ2) is 21.1. The summed E-state index contributed by atoms with van der Waals surface area (Å²) in [5.74, 6) is -2.69. The lowest BCUT2D eigenvalue weighted by Gasteiger charge is -2.37. The highest BCUT2D eigenvalue weighted by Crippen LogP contribution is 2.45. The van der Waals surface area contributed by atoms with Crippen LogP contribution in [-0.2, 0) is 51.9 Å². The van der Waals surface area contributed by atoms with Crippen molar-refractivity contribution >= 4 is 71.3 Å². The van der Waals surface area contributed by atoms with Gasteiger partial charge in [0.1, 0.15) is 24.4 Å². The summed E-state index contributed by atoms with van der Waals surface area (Å²) in [4.78, 5) is 81.7. The molecule has 0 aliphatic carbocycles. The highest BCUT2D eigenvalue weighted by atomic mass is 32.2. The highest BCUT2D eigenvalue weighted by Gasteiger charge is 2.44. The molecule has 2 aliphatic rings. The fraction of sp³-hybridized carbons (Fsp3) is 0.478. The van der Waals surface area contributed by atoms with Gasteiger partial charge in [0.2, 0.25) is 17.7 Å². The van der Waals surface area contributed by atoms with Crippen LogP contribution < -0.4 is 39.0 Å². The lowest BCUT2D eigenvalue weighted by atomic mass is 10.0. The Bertz CT molecular complexity index is 2420. The van der Waals surface area contributed by atoms with Crippen molar-refractivity contribution in [1.29, 1.82) is 0 Å². The maximum absolute atomic E-state index is 14.4. The van der Waals surface area contributed by atoms with E-state index in [1.54, 1.807) is 55.1 Å².